The Morgan fingerprint density at radius 1 is 1.69 bits per heavy atom. The van der Waals surface area contributed by atoms with Gasteiger partial charge in [0.25, 0.3) is 0 Å². The van der Waals surface area contributed by atoms with E-state index in [1.165, 1.54) is 6.42 Å². The molecule has 0 saturated heterocycles. The lowest BCUT2D eigenvalue weighted by Gasteiger charge is -1.92. The maximum absolute atomic E-state index is 5.61. The van der Waals surface area contributed by atoms with E-state index in [0.717, 1.165) is 30.4 Å². The minimum atomic E-state index is 0.638. The molecule has 3 nitrogen and oxygen atoms in total. The number of aryl methyl sites for hydroxylation is 1. The molecule has 3 heteroatoms. The fourth-order valence-electron chi connectivity index (χ4n) is 1.58. The fourth-order valence-corrected chi connectivity index (χ4v) is 1.58. The molecule has 1 saturated carbocycles. The lowest BCUT2D eigenvalue weighted by Crippen LogP contribution is -2.00. The highest BCUT2D eigenvalue weighted by Gasteiger charge is 2.36. The van der Waals surface area contributed by atoms with Gasteiger partial charge in [-0.05, 0) is 25.3 Å². The number of hydrogen-bond acceptors (Lipinski definition) is 3. The van der Waals surface area contributed by atoms with Crippen LogP contribution in [0.3, 0.4) is 0 Å². The maximum Gasteiger partial charge on any atom is 0.194 e. The number of rotatable bonds is 4. The monoisotopic (exact) mass is 180 g/mol. The molecule has 1 fully saturated rings. The van der Waals surface area contributed by atoms with E-state index in [4.69, 9.17) is 10.2 Å². The van der Waals surface area contributed by atoms with Crippen LogP contribution in [0.2, 0.25) is 0 Å². The van der Waals surface area contributed by atoms with Gasteiger partial charge in [-0.3, -0.25) is 0 Å². The number of nitrogens with zero attached hydrogens (tertiary/aromatic N) is 1. The highest BCUT2D eigenvalue weighted by molar-refractivity contribution is 5.11. The molecule has 2 unspecified atom stereocenters. The lowest BCUT2D eigenvalue weighted by atomic mass is 10.3. The molecule has 2 rings (SSSR count). The van der Waals surface area contributed by atoms with E-state index < -0.39 is 0 Å². The average Bonchev–Trinajstić information content (AvgIpc) is 2.67. The normalized spacial score (nSPS) is 26.3. The molecule has 2 atom stereocenters. The second kappa shape index (κ2) is 3.50. The smallest absolute Gasteiger partial charge is 0.194 e. The predicted molar refractivity (Wildman–Crippen MR) is 50.4 cm³/mol. The van der Waals surface area contributed by atoms with Crippen LogP contribution in [0.4, 0.5) is 0 Å². The molecule has 72 valence electrons. The molecule has 0 spiro atoms. The Kier molecular flexibility index (Phi) is 2.36. The van der Waals surface area contributed by atoms with Crippen molar-refractivity contribution in [1.82, 2.24) is 4.98 Å². The zero-order valence-corrected chi connectivity index (χ0v) is 7.99. The second-order valence-electron chi connectivity index (χ2n) is 3.87. The van der Waals surface area contributed by atoms with Crippen LogP contribution in [0.25, 0.3) is 0 Å². The molecule has 1 aromatic rings. The van der Waals surface area contributed by atoms with E-state index in [-0.39, 0.29) is 0 Å². The van der Waals surface area contributed by atoms with Crippen molar-refractivity contribution in [3.8, 4) is 0 Å². The van der Waals surface area contributed by atoms with E-state index in [9.17, 15) is 0 Å². The van der Waals surface area contributed by atoms with Gasteiger partial charge < -0.3 is 10.2 Å². The highest BCUT2D eigenvalue weighted by Crippen LogP contribution is 2.46. The van der Waals surface area contributed by atoms with Crippen molar-refractivity contribution in [3.63, 3.8) is 0 Å². The molecule has 0 radical (unpaired) electrons. The summed E-state index contributed by atoms with van der Waals surface area (Å²) in [4.78, 5) is 4.23. The van der Waals surface area contributed by atoms with Gasteiger partial charge in [0, 0.05) is 12.3 Å². The molecular formula is C10H16N2O. The Morgan fingerprint density at radius 3 is 3.08 bits per heavy atom. The molecule has 13 heavy (non-hydrogen) atoms. The van der Waals surface area contributed by atoms with Crippen LogP contribution < -0.4 is 5.73 Å². The van der Waals surface area contributed by atoms with Gasteiger partial charge in [0.2, 0.25) is 0 Å². The summed E-state index contributed by atoms with van der Waals surface area (Å²) in [5.41, 5.74) is 5.41. The third-order valence-corrected chi connectivity index (χ3v) is 2.64. The number of aromatic nitrogens is 1. The summed E-state index contributed by atoms with van der Waals surface area (Å²) in [5.74, 6) is 3.34. The van der Waals surface area contributed by atoms with E-state index in [1.807, 2.05) is 6.20 Å². The Morgan fingerprint density at radius 2 is 2.46 bits per heavy atom. The van der Waals surface area contributed by atoms with Crippen molar-refractivity contribution in [3.05, 3.63) is 17.8 Å². The third kappa shape index (κ3) is 1.91. The number of oxazole rings is 1. The van der Waals surface area contributed by atoms with Crippen LogP contribution in [-0.2, 0) is 6.42 Å². The lowest BCUT2D eigenvalue weighted by molar-refractivity contribution is 0.447. The molecule has 2 N–H and O–H groups in total. The first kappa shape index (κ1) is 8.75. The molecule has 1 heterocycles. The fraction of sp³-hybridized carbons (Fsp3) is 0.700. The quantitative estimate of drug-likeness (QED) is 0.767. The van der Waals surface area contributed by atoms with Gasteiger partial charge in [0.15, 0.2) is 5.89 Å². The van der Waals surface area contributed by atoms with Gasteiger partial charge in [0.1, 0.15) is 5.76 Å². The SMILES string of the molecule is CC1CC1c1cnc(CCCN)o1. The van der Waals surface area contributed by atoms with Crippen LogP contribution in [-0.4, -0.2) is 11.5 Å². The number of nitrogens with two attached hydrogens (primary N) is 1. The Balaban J connectivity index is 1.94. The summed E-state index contributed by atoms with van der Waals surface area (Å²) in [6.45, 7) is 2.95. The van der Waals surface area contributed by atoms with Gasteiger partial charge in [0.05, 0.1) is 6.20 Å². The largest absolute Gasteiger partial charge is 0.445 e. The van der Waals surface area contributed by atoms with E-state index in [1.54, 1.807) is 0 Å². The third-order valence-electron chi connectivity index (χ3n) is 2.64. The zero-order valence-electron chi connectivity index (χ0n) is 7.99. The van der Waals surface area contributed by atoms with Crippen molar-refractivity contribution in [2.75, 3.05) is 6.54 Å². The Hall–Kier alpha value is -0.830. The summed E-state index contributed by atoms with van der Waals surface area (Å²) < 4.78 is 5.61. The minimum Gasteiger partial charge on any atom is -0.445 e. The van der Waals surface area contributed by atoms with Gasteiger partial charge in [-0.15, -0.1) is 0 Å². The van der Waals surface area contributed by atoms with Crippen LogP contribution in [0, 0.1) is 5.92 Å². The summed E-state index contributed by atoms with van der Waals surface area (Å²) in [7, 11) is 0. The predicted octanol–water partition coefficient (Wildman–Crippen LogP) is 1.69. The standard InChI is InChI=1S/C10H16N2O/c1-7-5-8(7)9-6-12-10(13-9)3-2-4-11/h6-8H,2-5,11H2,1H3. The molecule has 1 aliphatic carbocycles. The van der Waals surface area contributed by atoms with E-state index in [2.05, 4.69) is 11.9 Å². The molecule has 0 amide bonds. The average molecular weight is 180 g/mol. The molecule has 0 aromatic carbocycles. The van der Waals surface area contributed by atoms with Crippen molar-refractivity contribution in [2.45, 2.75) is 32.1 Å². The first-order chi connectivity index (χ1) is 6.31. The van der Waals surface area contributed by atoms with E-state index in [0.29, 0.717) is 12.5 Å². The topological polar surface area (TPSA) is 52.0 Å². The van der Waals surface area contributed by atoms with Gasteiger partial charge in [-0.1, -0.05) is 6.92 Å². The Labute approximate surface area is 78.3 Å². The first-order valence-electron chi connectivity index (χ1n) is 4.96. The summed E-state index contributed by atoms with van der Waals surface area (Å²) in [6, 6.07) is 0. The molecule has 1 aliphatic rings. The zero-order chi connectivity index (χ0) is 9.26. The van der Waals surface area contributed by atoms with E-state index >= 15 is 0 Å². The van der Waals surface area contributed by atoms with Gasteiger partial charge >= 0.3 is 0 Å². The number of hydrogen-bond donors (Lipinski definition) is 1. The minimum absolute atomic E-state index is 0.638. The van der Waals surface area contributed by atoms with Crippen LogP contribution in [0.5, 0.6) is 0 Å². The second-order valence-corrected chi connectivity index (χ2v) is 3.87. The van der Waals surface area contributed by atoms with Gasteiger partial charge in [-0.25, -0.2) is 4.98 Å². The first-order valence-corrected chi connectivity index (χ1v) is 4.96. The Bertz CT molecular complexity index is 282. The summed E-state index contributed by atoms with van der Waals surface area (Å²) in [6.07, 6.45) is 4.96. The summed E-state index contributed by atoms with van der Waals surface area (Å²) >= 11 is 0. The van der Waals surface area contributed by atoms with Gasteiger partial charge in [-0.2, -0.15) is 0 Å². The maximum atomic E-state index is 5.61. The van der Waals surface area contributed by atoms with Crippen molar-refractivity contribution in [1.29, 1.82) is 0 Å². The van der Waals surface area contributed by atoms with Crippen LogP contribution in [0.1, 0.15) is 37.3 Å². The summed E-state index contributed by atoms with van der Waals surface area (Å²) in [5, 5.41) is 0. The van der Waals surface area contributed by atoms with Crippen molar-refractivity contribution >= 4 is 0 Å². The molecule has 1 aromatic heterocycles. The molecular weight excluding hydrogens is 164 g/mol. The van der Waals surface area contributed by atoms with Crippen LogP contribution >= 0.6 is 0 Å². The highest BCUT2D eigenvalue weighted by atomic mass is 16.4. The van der Waals surface area contributed by atoms with Crippen molar-refractivity contribution < 1.29 is 4.42 Å². The molecule has 0 aliphatic heterocycles. The van der Waals surface area contributed by atoms with Crippen LogP contribution in [0.15, 0.2) is 10.6 Å². The van der Waals surface area contributed by atoms with Crippen molar-refractivity contribution in [2.24, 2.45) is 11.7 Å². The molecule has 0 bridgehead atoms.